The number of hydrogen-bond acceptors (Lipinski definition) is 2. The molecule has 96 valence electrons. The molecule has 1 aromatic carbocycles. The summed E-state index contributed by atoms with van der Waals surface area (Å²) in [5.41, 5.74) is 2.41. The fraction of sp³-hybridized carbons (Fsp3) is 0.600. The Bertz CT molecular complexity index is 356. The summed E-state index contributed by atoms with van der Waals surface area (Å²) in [6, 6.07) is 6.24. The summed E-state index contributed by atoms with van der Waals surface area (Å²) in [5.74, 6) is 2.01. The van der Waals surface area contributed by atoms with Crippen LogP contribution in [0.5, 0.6) is 5.75 Å². The van der Waals surface area contributed by atoms with Gasteiger partial charge in [-0.05, 0) is 29.0 Å². The van der Waals surface area contributed by atoms with E-state index in [4.69, 9.17) is 4.74 Å². The Hall–Kier alpha value is -1.02. The van der Waals surface area contributed by atoms with Gasteiger partial charge in [-0.25, -0.2) is 0 Å². The van der Waals surface area contributed by atoms with Crippen LogP contribution in [0.2, 0.25) is 0 Å². The average Bonchev–Trinajstić information content (AvgIpc) is 2.29. The maximum Gasteiger partial charge on any atom is 0.122 e. The molecule has 0 fully saturated rings. The highest BCUT2D eigenvalue weighted by Gasteiger charge is 2.17. The Labute approximate surface area is 105 Å². The van der Waals surface area contributed by atoms with Gasteiger partial charge in [0.15, 0.2) is 0 Å². The van der Waals surface area contributed by atoms with E-state index in [2.05, 4.69) is 39.8 Å². The zero-order chi connectivity index (χ0) is 13.0. The van der Waals surface area contributed by atoms with Gasteiger partial charge in [0.2, 0.25) is 0 Å². The maximum atomic E-state index is 9.47. The summed E-state index contributed by atoms with van der Waals surface area (Å²) in [6.07, 6.45) is 0. The first kappa shape index (κ1) is 14.0. The number of hydrogen-bond donors (Lipinski definition) is 1. The zero-order valence-electron chi connectivity index (χ0n) is 11.5. The minimum absolute atomic E-state index is 0.196. The van der Waals surface area contributed by atoms with Crippen molar-refractivity contribution >= 4 is 0 Å². The first-order valence-corrected chi connectivity index (χ1v) is 6.29. The number of rotatable bonds is 5. The van der Waals surface area contributed by atoms with E-state index in [-0.39, 0.29) is 12.5 Å². The summed E-state index contributed by atoms with van der Waals surface area (Å²) < 4.78 is 5.37. The fourth-order valence-corrected chi connectivity index (χ4v) is 2.14. The summed E-state index contributed by atoms with van der Waals surface area (Å²) in [4.78, 5) is 0. The molecule has 1 N–H and O–H groups in total. The molecule has 0 saturated carbocycles. The molecule has 0 amide bonds. The van der Waals surface area contributed by atoms with Crippen molar-refractivity contribution in [2.75, 3.05) is 13.7 Å². The van der Waals surface area contributed by atoms with Crippen LogP contribution in [-0.4, -0.2) is 18.8 Å². The van der Waals surface area contributed by atoms with Crippen molar-refractivity contribution in [3.05, 3.63) is 29.3 Å². The van der Waals surface area contributed by atoms with Gasteiger partial charge >= 0.3 is 0 Å². The number of aliphatic hydroxyl groups is 1. The summed E-state index contributed by atoms with van der Waals surface area (Å²) in [6.45, 7) is 8.79. The van der Waals surface area contributed by atoms with Gasteiger partial charge < -0.3 is 9.84 Å². The number of aliphatic hydroxyl groups excluding tert-OH is 1. The van der Waals surface area contributed by atoms with Gasteiger partial charge in [-0.3, -0.25) is 0 Å². The Kier molecular flexibility index (Phi) is 5.01. The lowest BCUT2D eigenvalue weighted by Gasteiger charge is -2.21. The first-order valence-electron chi connectivity index (χ1n) is 6.29. The lowest BCUT2D eigenvalue weighted by molar-refractivity contribution is 0.237. The topological polar surface area (TPSA) is 29.5 Å². The summed E-state index contributed by atoms with van der Waals surface area (Å²) in [5, 5.41) is 9.47. The second-order valence-corrected chi connectivity index (χ2v) is 5.19. The number of methoxy groups -OCH3 is 1. The van der Waals surface area contributed by atoms with Gasteiger partial charge in [0.05, 0.1) is 13.7 Å². The minimum atomic E-state index is 0.196. The van der Waals surface area contributed by atoms with Crippen molar-refractivity contribution in [2.45, 2.75) is 39.5 Å². The average molecular weight is 236 g/mol. The van der Waals surface area contributed by atoms with Gasteiger partial charge in [0.25, 0.3) is 0 Å². The second kappa shape index (κ2) is 6.06. The van der Waals surface area contributed by atoms with Crippen LogP contribution in [0, 0.1) is 5.92 Å². The predicted molar refractivity (Wildman–Crippen MR) is 71.7 cm³/mol. The molecule has 1 atom stereocenters. The molecule has 0 radical (unpaired) electrons. The number of ether oxygens (including phenoxy) is 1. The molecule has 1 aromatic rings. The summed E-state index contributed by atoms with van der Waals surface area (Å²) in [7, 11) is 1.70. The number of benzene rings is 1. The zero-order valence-corrected chi connectivity index (χ0v) is 11.5. The van der Waals surface area contributed by atoms with E-state index >= 15 is 0 Å². The standard InChI is InChI=1S/C15H24O2/c1-10(2)13-8-12(6-7-15(13)17-5)14(9-16)11(3)4/h6-8,10-11,14,16H,9H2,1-5H3. The molecule has 0 aromatic heterocycles. The SMILES string of the molecule is COc1ccc(C(CO)C(C)C)cc1C(C)C. The lowest BCUT2D eigenvalue weighted by atomic mass is 9.87. The van der Waals surface area contributed by atoms with Crippen molar-refractivity contribution in [3.63, 3.8) is 0 Å². The molecule has 17 heavy (non-hydrogen) atoms. The molecule has 0 aliphatic rings. The highest BCUT2D eigenvalue weighted by molar-refractivity contribution is 5.40. The van der Waals surface area contributed by atoms with Gasteiger partial charge in [0, 0.05) is 5.92 Å². The second-order valence-electron chi connectivity index (χ2n) is 5.19. The molecule has 2 heteroatoms. The molecule has 0 aliphatic heterocycles. The summed E-state index contributed by atoms with van der Waals surface area (Å²) >= 11 is 0. The van der Waals surface area contributed by atoms with Crippen LogP contribution in [-0.2, 0) is 0 Å². The van der Waals surface area contributed by atoms with Gasteiger partial charge in [0.1, 0.15) is 5.75 Å². The smallest absolute Gasteiger partial charge is 0.122 e. The fourth-order valence-electron chi connectivity index (χ4n) is 2.14. The van der Waals surface area contributed by atoms with Crippen LogP contribution < -0.4 is 4.74 Å². The molecule has 1 unspecified atom stereocenters. The Balaban J connectivity index is 3.15. The molecule has 0 aliphatic carbocycles. The largest absolute Gasteiger partial charge is 0.496 e. The highest BCUT2D eigenvalue weighted by atomic mass is 16.5. The normalized spacial score (nSPS) is 13.2. The van der Waals surface area contributed by atoms with E-state index in [0.29, 0.717) is 11.8 Å². The minimum Gasteiger partial charge on any atom is -0.496 e. The molecule has 0 spiro atoms. The Morgan fingerprint density at radius 3 is 2.24 bits per heavy atom. The van der Waals surface area contributed by atoms with Crippen LogP contribution in [0.25, 0.3) is 0 Å². The van der Waals surface area contributed by atoms with Crippen LogP contribution in [0.1, 0.15) is 50.7 Å². The van der Waals surface area contributed by atoms with E-state index in [9.17, 15) is 5.11 Å². The quantitative estimate of drug-likeness (QED) is 0.847. The molecule has 1 rings (SSSR count). The Morgan fingerprint density at radius 2 is 1.82 bits per heavy atom. The molecule has 2 nitrogen and oxygen atoms in total. The van der Waals surface area contributed by atoms with E-state index in [0.717, 1.165) is 5.75 Å². The van der Waals surface area contributed by atoms with E-state index < -0.39 is 0 Å². The van der Waals surface area contributed by atoms with E-state index in [1.54, 1.807) is 7.11 Å². The van der Waals surface area contributed by atoms with Crippen LogP contribution >= 0.6 is 0 Å². The van der Waals surface area contributed by atoms with Crippen molar-refractivity contribution in [3.8, 4) is 5.75 Å². The third kappa shape index (κ3) is 3.22. The van der Waals surface area contributed by atoms with E-state index in [1.807, 2.05) is 6.07 Å². The maximum absolute atomic E-state index is 9.47. The molecule has 0 bridgehead atoms. The third-order valence-corrected chi connectivity index (χ3v) is 3.31. The van der Waals surface area contributed by atoms with E-state index in [1.165, 1.54) is 11.1 Å². The molecular weight excluding hydrogens is 212 g/mol. The molecular formula is C15H24O2. The van der Waals surface area contributed by atoms with Crippen molar-refractivity contribution in [1.29, 1.82) is 0 Å². The van der Waals surface area contributed by atoms with Crippen molar-refractivity contribution in [1.82, 2.24) is 0 Å². The van der Waals surface area contributed by atoms with Gasteiger partial charge in [-0.2, -0.15) is 0 Å². The first-order chi connectivity index (χ1) is 8.01. The Morgan fingerprint density at radius 1 is 1.18 bits per heavy atom. The highest BCUT2D eigenvalue weighted by Crippen LogP contribution is 2.32. The van der Waals surface area contributed by atoms with Gasteiger partial charge in [-0.15, -0.1) is 0 Å². The van der Waals surface area contributed by atoms with Crippen molar-refractivity contribution in [2.24, 2.45) is 5.92 Å². The third-order valence-electron chi connectivity index (χ3n) is 3.31. The monoisotopic (exact) mass is 236 g/mol. The predicted octanol–water partition coefficient (Wildman–Crippen LogP) is 3.55. The van der Waals surface area contributed by atoms with Crippen molar-refractivity contribution < 1.29 is 9.84 Å². The lowest BCUT2D eigenvalue weighted by Crippen LogP contribution is -2.12. The van der Waals surface area contributed by atoms with Gasteiger partial charge in [-0.1, -0.05) is 39.8 Å². The van der Waals surface area contributed by atoms with Crippen LogP contribution in [0.3, 0.4) is 0 Å². The van der Waals surface area contributed by atoms with Crippen LogP contribution in [0.4, 0.5) is 0 Å². The molecule has 0 saturated heterocycles. The molecule has 0 heterocycles. The van der Waals surface area contributed by atoms with Crippen LogP contribution in [0.15, 0.2) is 18.2 Å².